The summed E-state index contributed by atoms with van der Waals surface area (Å²) in [4.78, 5) is 24.0. The summed E-state index contributed by atoms with van der Waals surface area (Å²) in [6, 6.07) is 48.7. The molecule has 2 aliphatic rings. The fourth-order valence-corrected chi connectivity index (χ4v) is 7.78. The van der Waals surface area contributed by atoms with Crippen molar-refractivity contribution in [1.82, 2.24) is 30.2 Å². The van der Waals surface area contributed by atoms with E-state index >= 15 is 0 Å². The Hall–Kier alpha value is -7.57. The summed E-state index contributed by atoms with van der Waals surface area (Å²) in [5.41, 5.74) is 13.2. The summed E-state index contributed by atoms with van der Waals surface area (Å²) >= 11 is 0. The zero-order chi connectivity index (χ0) is 37.0. The van der Waals surface area contributed by atoms with Gasteiger partial charge in [-0.25, -0.2) is 24.9 Å². The smallest absolute Gasteiger partial charge is 0.178 e. The average molecular weight is 717 g/mol. The number of hydrogen-bond donors (Lipinski definition) is 1. The highest BCUT2D eigenvalue weighted by atomic mass is 14.9. The van der Waals surface area contributed by atoms with E-state index in [1.54, 1.807) is 12.4 Å². The van der Waals surface area contributed by atoms with Crippen LogP contribution in [0.2, 0.25) is 0 Å². The van der Waals surface area contributed by atoms with Crippen LogP contribution >= 0.6 is 0 Å². The minimum atomic E-state index is 0.0461. The van der Waals surface area contributed by atoms with Crippen LogP contribution in [0.4, 0.5) is 0 Å². The Labute approximate surface area is 323 Å². The number of fused-ring (bicyclic) bond motifs is 6. The van der Waals surface area contributed by atoms with Crippen molar-refractivity contribution in [2.75, 3.05) is 0 Å². The minimum Gasteiger partial charge on any atom is -0.374 e. The molecule has 1 aliphatic heterocycles. The lowest BCUT2D eigenvalue weighted by Crippen LogP contribution is -2.30. The molecule has 0 fully saturated rings. The van der Waals surface area contributed by atoms with E-state index in [-0.39, 0.29) is 6.04 Å². The first-order chi connectivity index (χ1) is 27.7. The molecule has 0 bridgehead atoms. The van der Waals surface area contributed by atoms with Crippen LogP contribution in [-0.2, 0) is 0 Å². The number of aromatic nitrogens is 5. The molecule has 5 aromatic carbocycles. The predicted octanol–water partition coefficient (Wildman–Crippen LogP) is 11.2. The summed E-state index contributed by atoms with van der Waals surface area (Å²) in [6.45, 7) is 0. The predicted molar refractivity (Wildman–Crippen MR) is 228 cm³/mol. The Morgan fingerprint density at radius 1 is 0.446 bits per heavy atom. The van der Waals surface area contributed by atoms with Crippen LogP contribution < -0.4 is 5.32 Å². The van der Waals surface area contributed by atoms with Crippen molar-refractivity contribution in [2.45, 2.75) is 6.04 Å². The number of dihydropyridines is 1. The van der Waals surface area contributed by atoms with Crippen molar-refractivity contribution >= 4 is 54.8 Å². The molecule has 1 N–H and O–H groups in total. The second kappa shape index (κ2) is 13.1. The highest BCUT2D eigenvalue weighted by Gasteiger charge is 2.20. The molecule has 56 heavy (non-hydrogen) atoms. The molecule has 1 aliphatic carbocycles. The molecule has 6 nitrogen and oxygen atoms in total. The molecule has 0 radical (unpaired) electrons. The van der Waals surface area contributed by atoms with E-state index in [0.29, 0.717) is 5.82 Å². The normalized spacial score (nSPS) is 15.0. The van der Waals surface area contributed by atoms with Crippen LogP contribution in [0.5, 0.6) is 0 Å². The summed E-state index contributed by atoms with van der Waals surface area (Å²) in [5.74, 6) is 0.619. The van der Waals surface area contributed by atoms with Gasteiger partial charge in [-0.05, 0) is 75.5 Å². The van der Waals surface area contributed by atoms with Gasteiger partial charge in [0, 0.05) is 45.4 Å². The lowest BCUT2D eigenvalue weighted by molar-refractivity contribution is 0.815. The molecule has 9 aromatic rings. The maximum atomic E-state index is 5.21. The zero-order valence-corrected chi connectivity index (χ0v) is 30.1. The highest BCUT2D eigenvalue weighted by Crippen LogP contribution is 2.33. The molecule has 4 aromatic heterocycles. The first-order valence-corrected chi connectivity index (χ1v) is 18.8. The van der Waals surface area contributed by atoms with E-state index < -0.39 is 0 Å². The van der Waals surface area contributed by atoms with E-state index in [4.69, 9.17) is 15.0 Å². The Morgan fingerprint density at radius 3 is 1.88 bits per heavy atom. The van der Waals surface area contributed by atoms with Gasteiger partial charge in [-0.2, -0.15) is 0 Å². The Bertz CT molecular complexity index is 3160. The average Bonchev–Trinajstić information content (AvgIpc) is 3.28. The zero-order valence-electron chi connectivity index (χ0n) is 30.1. The molecule has 262 valence electrons. The van der Waals surface area contributed by atoms with Crippen LogP contribution in [0.15, 0.2) is 188 Å². The van der Waals surface area contributed by atoms with Gasteiger partial charge in [0.05, 0.1) is 34.0 Å². The van der Waals surface area contributed by atoms with Gasteiger partial charge in [-0.15, -0.1) is 0 Å². The Morgan fingerprint density at radius 2 is 1.07 bits per heavy atom. The molecule has 5 heterocycles. The Kier molecular flexibility index (Phi) is 7.45. The summed E-state index contributed by atoms with van der Waals surface area (Å²) in [7, 11) is 0. The van der Waals surface area contributed by atoms with Gasteiger partial charge in [-0.3, -0.25) is 0 Å². The first-order valence-electron chi connectivity index (χ1n) is 18.8. The third-order valence-electron chi connectivity index (χ3n) is 10.8. The molecule has 11 rings (SSSR count). The van der Waals surface area contributed by atoms with E-state index in [2.05, 4.69) is 173 Å². The van der Waals surface area contributed by atoms with Crippen molar-refractivity contribution in [3.05, 3.63) is 199 Å². The van der Waals surface area contributed by atoms with Crippen molar-refractivity contribution in [2.24, 2.45) is 0 Å². The quantitative estimate of drug-likeness (QED) is 0.179. The molecule has 1 unspecified atom stereocenters. The topological polar surface area (TPSA) is 76.5 Å². The number of rotatable bonds is 5. The van der Waals surface area contributed by atoms with Gasteiger partial charge in [0.15, 0.2) is 5.82 Å². The largest absolute Gasteiger partial charge is 0.374 e. The van der Waals surface area contributed by atoms with Crippen LogP contribution in [0.1, 0.15) is 11.1 Å². The lowest BCUT2D eigenvalue weighted by atomic mass is 9.90. The molecule has 1 atom stereocenters. The number of hydrogen-bond acceptors (Lipinski definition) is 6. The number of nitrogens with zero attached hydrogens (tertiary/aromatic N) is 5. The van der Waals surface area contributed by atoms with Crippen molar-refractivity contribution in [3.63, 3.8) is 0 Å². The van der Waals surface area contributed by atoms with Crippen LogP contribution in [0, 0.1) is 0 Å². The molecule has 6 heteroatoms. The standard InChI is InChI=1S/C50H32N6/c1-2-5-38-28-40(16-8-31(38)4-1)44-24-21-37-14-13-36-20-23-42(55-48(36)49(37)56-44)33-9-6-32(7-10-33)39-15-11-34-18-22-43(53-46(34)29-39)41-17-12-35-19-25-45(54-47(35)30-41)50-51-26-3-27-52-50/h1-30,46,53H. The summed E-state index contributed by atoms with van der Waals surface area (Å²) in [6.07, 6.45) is 14.5. The number of benzene rings is 5. The van der Waals surface area contributed by atoms with Crippen molar-refractivity contribution in [3.8, 4) is 34.0 Å². The maximum Gasteiger partial charge on any atom is 0.178 e. The van der Waals surface area contributed by atoms with Gasteiger partial charge >= 0.3 is 0 Å². The minimum absolute atomic E-state index is 0.0461. The number of allylic oxidation sites excluding steroid dienone is 4. The first kappa shape index (κ1) is 31.9. The monoisotopic (exact) mass is 716 g/mol. The second-order valence-electron chi connectivity index (χ2n) is 14.2. The summed E-state index contributed by atoms with van der Waals surface area (Å²) in [5, 5.41) is 9.41. The number of pyridine rings is 3. The lowest BCUT2D eigenvalue weighted by Gasteiger charge is -2.27. The van der Waals surface area contributed by atoms with Crippen molar-refractivity contribution in [1.29, 1.82) is 0 Å². The van der Waals surface area contributed by atoms with Gasteiger partial charge in [-0.1, -0.05) is 127 Å². The summed E-state index contributed by atoms with van der Waals surface area (Å²) < 4.78 is 0. The highest BCUT2D eigenvalue weighted by molar-refractivity contribution is 6.04. The van der Waals surface area contributed by atoms with E-state index in [9.17, 15) is 0 Å². The third-order valence-corrected chi connectivity index (χ3v) is 10.8. The molecule has 0 amide bonds. The van der Waals surface area contributed by atoms with Gasteiger partial charge in [0.25, 0.3) is 0 Å². The molecular formula is C50H32N6. The van der Waals surface area contributed by atoms with Crippen LogP contribution in [0.3, 0.4) is 0 Å². The fraction of sp³-hybridized carbons (Fsp3) is 0.0200. The van der Waals surface area contributed by atoms with Gasteiger partial charge in [0.1, 0.15) is 5.69 Å². The van der Waals surface area contributed by atoms with Crippen LogP contribution in [-0.4, -0.2) is 31.0 Å². The third kappa shape index (κ3) is 5.72. The van der Waals surface area contributed by atoms with Crippen LogP contribution in [0.25, 0.3) is 88.8 Å². The molecular weight excluding hydrogens is 685 g/mol. The van der Waals surface area contributed by atoms with E-state index in [1.807, 2.05) is 12.1 Å². The fourth-order valence-electron chi connectivity index (χ4n) is 7.78. The van der Waals surface area contributed by atoms with Gasteiger partial charge in [0.2, 0.25) is 0 Å². The second-order valence-corrected chi connectivity index (χ2v) is 14.2. The van der Waals surface area contributed by atoms with Gasteiger partial charge < -0.3 is 5.32 Å². The van der Waals surface area contributed by atoms with E-state index in [0.717, 1.165) is 77.7 Å². The number of nitrogens with one attached hydrogen (secondary N) is 1. The maximum absolute atomic E-state index is 5.21. The molecule has 0 spiro atoms. The van der Waals surface area contributed by atoms with E-state index in [1.165, 1.54) is 21.9 Å². The Balaban J connectivity index is 0.861. The molecule has 0 saturated carbocycles. The van der Waals surface area contributed by atoms with Crippen molar-refractivity contribution < 1.29 is 0 Å². The SMILES string of the molecule is C1=CC2=CC=C(c3ccc4ccc(-c5ncccn5)nc4c3)NC2C=C1c1ccc(-c2ccc3ccc4ccc(-c5ccc6ccccc6c5)nc4c3n2)cc1. The molecule has 0 saturated heterocycles.